The van der Waals surface area contributed by atoms with Crippen LogP contribution in [0.15, 0.2) is 30.3 Å². The lowest BCUT2D eigenvalue weighted by atomic mass is 10.0. The molecular weight excluding hydrogens is 300 g/mol. The zero-order valence-corrected chi connectivity index (χ0v) is 14.2. The first-order valence-corrected chi connectivity index (χ1v) is 8.73. The highest BCUT2D eigenvalue weighted by atomic mass is 15.4. The maximum Gasteiger partial charge on any atom is 0.226 e. The van der Waals surface area contributed by atoms with Crippen molar-refractivity contribution in [2.45, 2.75) is 45.3 Å². The summed E-state index contributed by atoms with van der Waals surface area (Å²) in [7, 11) is 0. The van der Waals surface area contributed by atoms with Gasteiger partial charge >= 0.3 is 0 Å². The Morgan fingerprint density at radius 3 is 2.92 bits per heavy atom. The molecule has 3 heterocycles. The minimum Gasteiger partial charge on any atom is -0.352 e. The van der Waals surface area contributed by atoms with Crippen LogP contribution in [0.25, 0.3) is 0 Å². The van der Waals surface area contributed by atoms with Crippen molar-refractivity contribution in [3.8, 4) is 0 Å². The van der Waals surface area contributed by atoms with Gasteiger partial charge < -0.3 is 15.6 Å². The summed E-state index contributed by atoms with van der Waals surface area (Å²) in [5, 5.41) is 3.40. The van der Waals surface area contributed by atoms with Gasteiger partial charge in [-0.3, -0.25) is 0 Å². The number of hydrogen-bond donors (Lipinski definition) is 3. The molecule has 0 saturated heterocycles. The second kappa shape index (κ2) is 6.28. The van der Waals surface area contributed by atoms with Gasteiger partial charge in [0, 0.05) is 19.1 Å². The lowest BCUT2D eigenvalue weighted by molar-refractivity contribution is 0.533. The molecule has 0 radical (unpaired) electrons. The van der Waals surface area contributed by atoms with Crippen molar-refractivity contribution in [3.05, 3.63) is 41.5 Å². The van der Waals surface area contributed by atoms with E-state index in [2.05, 4.69) is 70.2 Å². The molecule has 24 heavy (non-hydrogen) atoms. The van der Waals surface area contributed by atoms with Gasteiger partial charge in [-0.15, -0.1) is 0 Å². The molecule has 0 spiro atoms. The monoisotopic (exact) mass is 324 g/mol. The SMILES string of the molecule is CCC(C)Nc1nc2c3c(n1)N(Cc1ccccc1)CCC3NN2. The van der Waals surface area contributed by atoms with Crippen LogP contribution in [0, 0.1) is 0 Å². The van der Waals surface area contributed by atoms with Gasteiger partial charge in [-0.25, -0.2) is 5.43 Å². The Bertz CT molecular complexity index is 717. The molecule has 2 atom stereocenters. The quantitative estimate of drug-likeness (QED) is 0.785. The van der Waals surface area contributed by atoms with E-state index < -0.39 is 0 Å². The van der Waals surface area contributed by atoms with Gasteiger partial charge in [-0.05, 0) is 25.3 Å². The van der Waals surface area contributed by atoms with Crippen LogP contribution in [0.2, 0.25) is 0 Å². The van der Waals surface area contributed by atoms with E-state index >= 15 is 0 Å². The van der Waals surface area contributed by atoms with Gasteiger partial charge in [0.05, 0.1) is 11.6 Å². The average Bonchev–Trinajstić information content (AvgIpc) is 3.02. The van der Waals surface area contributed by atoms with Crippen molar-refractivity contribution in [3.63, 3.8) is 0 Å². The molecule has 0 aliphatic carbocycles. The van der Waals surface area contributed by atoms with Crippen molar-refractivity contribution < 1.29 is 0 Å². The van der Waals surface area contributed by atoms with Crippen LogP contribution in [0.3, 0.4) is 0 Å². The zero-order chi connectivity index (χ0) is 16.5. The first-order valence-electron chi connectivity index (χ1n) is 8.73. The van der Waals surface area contributed by atoms with Crippen molar-refractivity contribution in [1.82, 2.24) is 15.4 Å². The average molecular weight is 324 g/mol. The summed E-state index contributed by atoms with van der Waals surface area (Å²) in [6, 6.07) is 11.2. The third-order valence-electron chi connectivity index (χ3n) is 4.83. The van der Waals surface area contributed by atoms with Gasteiger partial charge in [0.25, 0.3) is 0 Å². The molecule has 2 aliphatic heterocycles. The van der Waals surface area contributed by atoms with Gasteiger partial charge in [-0.1, -0.05) is 37.3 Å². The maximum absolute atomic E-state index is 4.85. The summed E-state index contributed by atoms with van der Waals surface area (Å²) < 4.78 is 0. The van der Waals surface area contributed by atoms with E-state index in [1.807, 2.05) is 0 Å². The first-order chi connectivity index (χ1) is 11.7. The molecular formula is C18H24N6. The highest BCUT2D eigenvalue weighted by Gasteiger charge is 2.34. The number of hydrazine groups is 1. The number of aromatic nitrogens is 2. The third kappa shape index (κ3) is 2.78. The fourth-order valence-corrected chi connectivity index (χ4v) is 3.29. The molecule has 2 aromatic rings. The Morgan fingerprint density at radius 1 is 1.29 bits per heavy atom. The Labute approximate surface area is 142 Å². The van der Waals surface area contributed by atoms with Crippen molar-refractivity contribution in [2.75, 3.05) is 22.2 Å². The highest BCUT2D eigenvalue weighted by Crippen LogP contribution is 2.41. The number of hydrogen-bond acceptors (Lipinski definition) is 6. The molecule has 1 aromatic heterocycles. The summed E-state index contributed by atoms with van der Waals surface area (Å²) in [5.74, 6) is 2.66. The second-order valence-corrected chi connectivity index (χ2v) is 6.60. The Morgan fingerprint density at radius 2 is 2.12 bits per heavy atom. The van der Waals surface area contributed by atoms with Gasteiger partial charge in [0.15, 0.2) is 5.82 Å². The molecule has 126 valence electrons. The summed E-state index contributed by atoms with van der Waals surface area (Å²) in [4.78, 5) is 11.9. The van der Waals surface area contributed by atoms with Crippen LogP contribution in [0.5, 0.6) is 0 Å². The van der Waals surface area contributed by atoms with Crippen LogP contribution < -0.4 is 21.1 Å². The van der Waals surface area contributed by atoms with Crippen LogP contribution >= 0.6 is 0 Å². The standard InChI is InChI=1S/C18H24N6/c1-3-12(2)19-18-20-16-15-14(22-23-16)9-10-24(17(15)21-18)11-13-7-5-4-6-8-13/h4-8,12,14,22H,3,9-11H2,1-2H3,(H2,19,20,21,23). The molecule has 0 saturated carbocycles. The number of nitrogens with zero attached hydrogens (tertiary/aromatic N) is 3. The fraction of sp³-hybridized carbons (Fsp3) is 0.444. The highest BCUT2D eigenvalue weighted by molar-refractivity contribution is 5.67. The normalized spacial score (nSPS) is 19.6. The third-order valence-corrected chi connectivity index (χ3v) is 4.83. The molecule has 6 nitrogen and oxygen atoms in total. The van der Waals surface area contributed by atoms with E-state index in [1.54, 1.807) is 0 Å². The molecule has 0 amide bonds. The van der Waals surface area contributed by atoms with E-state index in [0.29, 0.717) is 18.0 Å². The smallest absolute Gasteiger partial charge is 0.226 e. The Kier molecular flexibility index (Phi) is 3.98. The van der Waals surface area contributed by atoms with Crippen LogP contribution in [-0.4, -0.2) is 22.6 Å². The van der Waals surface area contributed by atoms with Crippen LogP contribution in [0.1, 0.15) is 43.9 Å². The number of benzene rings is 1. The van der Waals surface area contributed by atoms with E-state index in [4.69, 9.17) is 4.98 Å². The fourth-order valence-electron chi connectivity index (χ4n) is 3.29. The van der Waals surface area contributed by atoms with E-state index in [1.165, 1.54) is 11.1 Å². The van der Waals surface area contributed by atoms with Crippen molar-refractivity contribution in [1.29, 1.82) is 0 Å². The predicted octanol–water partition coefficient (Wildman–Crippen LogP) is 3.07. The molecule has 0 fully saturated rings. The zero-order valence-electron chi connectivity index (χ0n) is 14.2. The molecule has 4 rings (SSSR count). The van der Waals surface area contributed by atoms with E-state index in [9.17, 15) is 0 Å². The summed E-state index contributed by atoms with van der Waals surface area (Å²) in [5.41, 5.74) is 9.07. The van der Waals surface area contributed by atoms with Crippen LogP contribution in [0.4, 0.5) is 17.6 Å². The first kappa shape index (κ1) is 15.2. The van der Waals surface area contributed by atoms with Crippen molar-refractivity contribution in [2.24, 2.45) is 0 Å². The summed E-state index contributed by atoms with van der Waals surface area (Å²) in [6.45, 7) is 6.17. The second-order valence-electron chi connectivity index (χ2n) is 6.60. The summed E-state index contributed by atoms with van der Waals surface area (Å²) in [6.07, 6.45) is 2.10. The number of anilines is 3. The molecule has 0 bridgehead atoms. The Hall–Kier alpha value is -2.34. The van der Waals surface area contributed by atoms with Gasteiger partial charge in [0.1, 0.15) is 5.82 Å². The molecule has 6 heteroatoms. The Balaban J connectivity index is 1.68. The largest absolute Gasteiger partial charge is 0.352 e. The van der Waals surface area contributed by atoms with E-state index in [-0.39, 0.29) is 0 Å². The molecule has 2 aliphatic rings. The number of rotatable bonds is 5. The minimum atomic E-state index is 0.305. The minimum absolute atomic E-state index is 0.305. The topological polar surface area (TPSA) is 65.1 Å². The van der Waals surface area contributed by atoms with Gasteiger partial charge in [0.2, 0.25) is 5.95 Å². The van der Waals surface area contributed by atoms with Crippen LogP contribution in [-0.2, 0) is 6.54 Å². The van der Waals surface area contributed by atoms with Gasteiger partial charge in [-0.2, -0.15) is 9.97 Å². The molecule has 2 unspecified atom stereocenters. The maximum atomic E-state index is 4.85. The molecule has 3 N–H and O–H groups in total. The van der Waals surface area contributed by atoms with Crippen molar-refractivity contribution >= 4 is 17.6 Å². The number of nitrogens with one attached hydrogen (secondary N) is 3. The summed E-state index contributed by atoms with van der Waals surface area (Å²) >= 11 is 0. The predicted molar refractivity (Wildman–Crippen MR) is 97.0 cm³/mol. The lowest BCUT2D eigenvalue weighted by Gasteiger charge is -2.32. The molecule has 1 aromatic carbocycles. The lowest BCUT2D eigenvalue weighted by Crippen LogP contribution is -2.34. The van der Waals surface area contributed by atoms with E-state index in [0.717, 1.165) is 37.6 Å².